The standard InChI is InChI=1S/C17H26N4O3/c1-12(2)18-17(23)21-9-8-20(10-13(21)3)11-14-4-6-15(7-5-14)16(22)19-24/h4-7,12-13,24H,8-11H2,1-3H3,(H,18,23)(H,19,22). The van der Waals surface area contributed by atoms with Gasteiger partial charge < -0.3 is 10.2 Å². The number of hydroxylamine groups is 1. The van der Waals surface area contributed by atoms with E-state index in [4.69, 9.17) is 5.21 Å². The molecule has 1 aromatic carbocycles. The molecule has 1 fully saturated rings. The summed E-state index contributed by atoms with van der Waals surface area (Å²) in [5.74, 6) is -0.514. The van der Waals surface area contributed by atoms with Gasteiger partial charge in [0.15, 0.2) is 0 Å². The average Bonchev–Trinajstić information content (AvgIpc) is 2.54. The fraction of sp³-hybridized carbons (Fsp3) is 0.529. The molecule has 1 saturated heterocycles. The molecule has 0 aliphatic carbocycles. The van der Waals surface area contributed by atoms with Crippen molar-refractivity contribution in [3.8, 4) is 0 Å². The lowest BCUT2D eigenvalue weighted by Gasteiger charge is -2.40. The van der Waals surface area contributed by atoms with E-state index in [1.165, 1.54) is 0 Å². The van der Waals surface area contributed by atoms with Gasteiger partial charge in [0.1, 0.15) is 0 Å². The maximum Gasteiger partial charge on any atom is 0.317 e. The summed E-state index contributed by atoms with van der Waals surface area (Å²) >= 11 is 0. The van der Waals surface area contributed by atoms with Crippen LogP contribution in [-0.4, -0.2) is 58.7 Å². The second-order valence-corrected chi connectivity index (χ2v) is 6.52. The summed E-state index contributed by atoms with van der Waals surface area (Å²) < 4.78 is 0. The number of rotatable bonds is 4. The lowest BCUT2D eigenvalue weighted by atomic mass is 10.1. The number of carbonyl (C=O) groups is 2. The van der Waals surface area contributed by atoms with Crippen molar-refractivity contribution >= 4 is 11.9 Å². The van der Waals surface area contributed by atoms with E-state index in [0.29, 0.717) is 12.1 Å². The fourth-order valence-corrected chi connectivity index (χ4v) is 2.89. The highest BCUT2D eigenvalue weighted by Gasteiger charge is 2.27. The lowest BCUT2D eigenvalue weighted by Crippen LogP contribution is -2.57. The van der Waals surface area contributed by atoms with E-state index >= 15 is 0 Å². The van der Waals surface area contributed by atoms with Gasteiger partial charge in [-0.05, 0) is 38.5 Å². The molecular weight excluding hydrogens is 308 g/mol. The smallest absolute Gasteiger partial charge is 0.317 e. The van der Waals surface area contributed by atoms with Crippen LogP contribution in [0.25, 0.3) is 0 Å². The van der Waals surface area contributed by atoms with Gasteiger partial charge in [-0.3, -0.25) is 14.9 Å². The Bertz CT molecular complexity index is 574. The van der Waals surface area contributed by atoms with Crippen LogP contribution in [0.2, 0.25) is 0 Å². The van der Waals surface area contributed by atoms with Gasteiger partial charge in [0.25, 0.3) is 5.91 Å². The van der Waals surface area contributed by atoms with Gasteiger partial charge in [0.05, 0.1) is 0 Å². The number of hydrogen-bond donors (Lipinski definition) is 3. The Morgan fingerprint density at radius 1 is 1.25 bits per heavy atom. The van der Waals surface area contributed by atoms with Gasteiger partial charge in [0, 0.05) is 43.8 Å². The van der Waals surface area contributed by atoms with Crippen molar-refractivity contribution in [3.63, 3.8) is 0 Å². The number of urea groups is 1. The average molecular weight is 334 g/mol. The molecule has 0 bridgehead atoms. The monoisotopic (exact) mass is 334 g/mol. The summed E-state index contributed by atoms with van der Waals surface area (Å²) in [6, 6.07) is 7.43. The van der Waals surface area contributed by atoms with E-state index in [0.717, 1.165) is 25.2 Å². The molecule has 0 spiro atoms. The zero-order chi connectivity index (χ0) is 17.7. The second-order valence-electron chi connectivity index (χ2n) is 6.52. The molecule has 0 aromatic heterocycles. The van der Waals surface area contributed by atoms with Gasteiger partial charge in [0.2, 0.25) is 0 Å². The first kappa shape index (κ1) is 18.2. The van der Waals surface area contributed by atoms with Crippen LogP contribution in [0.1, 0.15) is 36.7 Å². The van der Waals surface area contributed by atoms with Crippen LogP contribution in [0.5, 0.6) is 0 Å². The van der Waals surface area contributed by atoms with Crippen LogP contribution in [0.3, 0.4) is 0 Å². The molecule has 132 valence electrons. The molecule has 2 rings (SSSR count). The number of carbonyl (C=O) groups excluding carboxylic acids is 2. The third-order valence-corrected chi connectivity index (χ3v) is 4.11. The Kier molecular flexibility index (Phi) is 6.16. The Hall–Kier alpha value is -2.12. The van der Waals surface area contributed by atoms with Crippen LogP contribution in [0, 0.1) is 0 Å². The number of benzene rings is 1. The van der Waals surface area contributed by atoms with Crippen LogP contribution >= 0.6 is 0 Å². The van der Waals surface area contributed by atoms with Crippen LogP contribution in [0.4, 0.5) is 4.79 Å². The first-order chi connectivity index (χ1) is 11.4. The minimum atomic E-state index is -0.514. The summed E-state index contributed by atoms with van der Waals surface area (Å²) in [5.41, 5.74) is 3.14. The molecule has 0 radical (unpaired) electrons. The Morgan fingerprint density at radius 2 is 1.92 bits per heavy atom. The molecule has 1 heterocycles. The molecule has 3 amide bonds. The second kappa shape index (κ2) is 8.12. The summed E-state index contributed by atoms with van der Waals surface area (Å²) in [5, 5.41) is 11.6. The van der Waals surface area contributed by atoms with Gasteiger partial charge in [-0.25, -0.2) is 10.3 Å². The summed E-state index contributed by atoms with van der Waals surface area (Å²) in [4.78, 5) is 27.6. The number of piperazine rings is 1. The quantitative estimate of drug-likeness (QED) is 0.574. The van der Waals surface area contributed by atoms with Crippen molar-refractivity contribution < 1.29 is 14.8 Å². The van der Waals surface area contributed by atoms with E-state index in [1.54, 1.807) is 17.6 Å². The molecular formula is C17H26N4O3. The zero-order valence-electron chi connectivity index (χ0n) is 14.5. The van der Waals surface area contributed by atoms with Crippen molar-refractivity contribution in [3.05, 3.63) is 35.4 Å². The van der Waals surface area contributed by atoms with Crippen LogP contribution in [0.15, 0.2) is 24.3 Å². The summed E-state index contributed by atoms with van der Waals surface area (Å²) in [6.45, 7) is 9.06. The van der Waals surface area contributed by atoms with Crippen LogP contribution in [-0.2, 0) is 6.54 Å². The van der Waals surface area contributed by atoms with Crippen molar-refractivity contribution in [2.24, 2.45) is 0 Å². The Morgan fingerprint density at radius 3 is 2.46 bits per heavy atom. The zero-order valence-corrected chi connectivity index (χ0v) is 14.5. The highest BCUT2D eigenvalue weighted by atomic mass is 16.5. The molecule has 7 heteroatoms. The minimum Gasteiger partial charge on any atom is -0.336 e. The molecule has 1 atom stereocenters. The molecule has 1 aliphatic heterocycles. The first-order valence-electron chi connectivity index (χ1n) is 8.23. The number of nitrogens with one attached hydrogen (secondary N) is 2. The fourth-order valence-electron chi connectivity index (χ4n) is 2.89. The van der Waals surface area contributed by atoms with E-state index in [2.05, 4.69) is 17.1 Å². The minimum absolute atomic E-state index is 0.00322. The Labute approximate surface area is 142 Å². The first-order valence-corrected chi connectivity index (χ1v) is 8.23. The third-order valence-electron chi connectivity index (χ3n) is 4.11. The van der Waals surface area contributed by atoms with E-state index in [-0.39, 0.29) is 18.1 Å². The van der Waals surface area contributed by atoms with Crippen molar-refractivity contribution in [2.75, 3.05) is 19.6 Å². The molecule has 1 aromatic rings. The highest BCUT2D eigenvalue weighted by Crippen LogP contribution is 2.14. The van der Waals surface area contributed by atoms with Gasteiger partial charge in [-0.1, -0.05) is 12.1 Å². The molecule has 1 unspecified atom stereocenters. The number of nitrogens with zero attached hydrogens (tertiary/aromatic N) is 2. The van der Waals surface area contributed by atoms with Gasteiger partial charge >= 0.3 is 6.03 Å². The highest BCUT2D eigenvalue weighted by molar-refractivity contribution is 5.93. The third kappa shape index (κ3) is 4.69. The van der Waals surface area contributed by atoms with Gasteiger partial charge in [-0.15, -0.1) is 0 Å². The maximum absolute atomic E-state index is 12.2. The van der Waals surface area contributed by atoms with Crippen molar-refractivity contribution in [1.29, 1.82) is 0 Å². The van der Waals surface area contributed by atoms with E-state index in [9.17, 15) is 9.59 Å². The lowest BCUT2D eigenvalue weighted by molar-refractivity contribution is 0.0706. The maximum atomic E-state index is 12.2. The number of amides is 3. The van der Waals surface area contributed by atoms with Crippen molar-refractivity contribution in [1.82, 2.24) is 20.6 Å². The van der Waals surface area contributed by atoms with Crippen molar-refractivity contribution in [2.45, 2.75) is 39.4 Å². The predicted molar refractivity (Wildman–Crippen MR) is 90.8 cm³/mol. The molecule has 7 nitrogen and oxygen atoms in total. The number of hydrogen-bond acceptors (Lipinski definition) is 4. The van der Waals surface area contributed by atoms with E-state index < -0.39 is 5.91 Å². The normalized spacial score (nSPS) is 18.5. The van der Waals surface area contributed by atoms with Crippen LogP contribution < -0.4 is 10.8 Å². The topological polar surface area (TPSA) is 84.9 Å². The Balaban J connectivity index is 1.89. The summed E-state index contributed by atoms with van der Waals surface area (Å²) in [6.07, 6.45) is 0. The molecule has 0 saturated carbocycles. The summed E-state index contributed by atoms with van der Waals surface area (Å²) in [7, 11) is 0. The van der Waals surface area contributed by atoms with Gasteiger partial charge in [-0.2, -0.15) is 0 Å². The largest absolute Gasteiger partial charge is 0.336 e. The molecule has 24 heavy (non-hydrogen) atoms. The SMILES string of the molecule is CC(C)NC(=O)N1CCN(Cc2ccc(C(=O)NO)cc2)CC1C. The molecule has 3 N–H and O–H groups in total. The molecule has 1 aliphatic rings. The predicted octanol–water partition coefficient (Wildman–Crippen LogP) is 1.43. The van der Waals surface area contributed by atoms with E-state index in [1.807, 2.05) is 30.9 Å².